The van der Waals surface area contributed by atoms with Gasteiger partial charge in [-0.25, -0.2) is 4.39 Å². The molecule has 94 valence electrons. The molecule has 0 radical (unpaired) electrons. The lowest BCUT2D eigenvalue weighted by Gasteiger charge is -2.11. The molecule has 18 heavy (non-hydrogen) atoms. The van der Waals surface area contributed by atoms with Crippen LogP contribution in [0.15, 0.2) is 18.2 Å². The van der Waals surface area contributed by atoms with Gasteiger partial charge in [0.1, 0.15) is 11.9 Å². The third-order valence-corrected chi connectivity index (χ3v) is 3.02. The normalized spacial score (nSPS) is 15.8. The predicted octanol–water partition coefficient (Wildman–Crippen LogP) is 1.76. The van der Waals surface area contributed by atoms with Crippen LogP contribution in [0, 0.1) is 23.1 Å². The summed E-state index contributed by atoms with van der Waals surface area (Å²) in [6.45, 7) is 0. The highest BCUT2D eigenvalue weighted by Crippen LogP contribution is 2.32. The van der Waals surface area contributed by atoms with E-state index in [1.165, 1.54) is 12.1 Å². The summed E-state index contributed by atoms with van der Waals surface area (Å²) in [6, 6.07) is 5.40. The van der Waals surface area contributed by atoms with Crippen molar-refractivity contribution in [3.8, 4) is 6.07 Å². The monoisotopic (exact) mass is 247 g/mol. The van der Waals surface area contributed by atoms with Gasteiger partial charge in [0, 0.05) is 12.5 Å². The highest BCUT2D eigenvalue weighted by atomic mass is 19.1. The number of nitrogens with two attached hydrogens (primary N) is 1. The summed E-state index contributed by atoms with van der Waals surface area (Å²) < 4.78 is 12.9. The molecule has 2 rings (SSSR count). The number of rotatable bonds is 4. The average molecular weight is 247 g/mol. The quantitative estimate of drug-likeness (QED) is 0.850. The standard InChI is InChI=1S/C13H14FN3O/c14-10-3-4-12(9(5-10)7-15)17-13(18)6-11(16)8-1-2-8/h3-5,8,11H,1-2,6,16H2,(H,17,18). The van der Waals surface area contributed by atoms with Gasteiger partial charge in [0.15, 0.2) is 0 Å². The maximum atomic E-state index is 12.9. The highest BCUT2D eigenvalue weighted by Gasteiger charge is 2.29. The summed E-state index contributed by atoms with van der Waals surface area (Å²) >= 11 is 0. The predicted molar refractivity (Wildman–Crippen MR) is 65.1 cm³/mol. The SMILES string of the molecule is N#Cc1cc(F)ccc1NC(=O)CC(N)C1CC1. The Labute approximate surface area is 105 Å². The summed E-state index contributed by atoms with van der Waals surface area (Å²) in [5.74, 6) is -0.295. The van der Waals surface area contributed by atoms with E-state index in [0.29, 0.717) is 11.6 Å². The zero-order chi connectivity index (χ0) is 13.1. The molecule has 1 aliphatic rings. The van der Waals surface area contributed by atoms with Crippen LogP contribution < -0.4 is 11.1 Å². The first-order chi connectivity index (χ1) is 8.60. The lowest BCUT2D eigenvalue weighted by Crippen LogP contribution is -2.29. The molecule has 1 aromatic carbocycles. The van der Waals surface area contributed by atoms with E-state index in [9.17, 15) is 9.18 Å². The second-order valence-corrected chi connectivity index (χ2v) is 4.56. The maximum absolute atomic E-state index is 12.9. The smallest absolute Gasteiger partial charge is 0.225 e. The van der Waals surface area contributed by atoms with Crippen LogP contribution in [0.4, 0.5) is 10.1 Å². The molecule has 4 nitrogen and oxygen atoms in total. The van der Waals surface area contributed by atoms with Crippen LogP contribution in [-0.2, 0) is 4.79 Å². The van der Waals surface area contributed by atoms with Crippen molar-refractivity contribution >= 4 is 11.6 Å². The fraction of sp³-hybridized carbons (Fsp3) is 0.385. The number of hydrogen-bond donors (Lipinski definition) is 2. The van der Waals surface area contributed by atoms with Crippen LogP contribution in [0.25, 0.3) is 0 Å². The third kappa shape index (κ3) is 3.05. The molecule has 5 heteroatoms. The molecule has 1 saturated carbocycles. The Morgan fingerprint density at radius 3 is 2.94 bits per heavy atom. The molecule has 0 saturated heterocycles. The van der Waals surface area contributed by atoms with E-state index in [0.717, 1.165) is 18.9 Å². The number of anilines is 1. The second-order valence-electron chi connectivity index (χ2n) is 4.56. The molecule has 1 atom stereocenters. The van der Waals surface area contributed by atoms with Gasteiger partial charge in [-0.3, -0.25) is 4.79 Å². The molecule has 1 aliphatic carbocycles. The van der Waals surface area contributed by atoms with Crippen molar-refractivity contribution in [2.75, 3.05) is 5.32 Å². The Morgan fingerprint density at radius 2 is 2.33 bits per heavy atom. The highest BCUT2D eigenvalue weighted by molar-refractivity contribution is 5.92. The Bertz CT molecular complexity index is 505. The van der Waals surface area contributed by atoms with E-state index in [1.54, 1.807) is 0 Å². The summed E-state index contributed by atoms with van der Waals surface area (Å²) in [5, 5.41) is 11.4. The van der Waals surface area contributed by atoms with Crippen molar-refractivity contribution in [2.45, 2.75) is 25.3 Å². The Kier molecular flexibility index (Phi) is 3.58. The van der Waals surface area contributed by atoms with E-state index in [4.69, 9.17) is 11.0 Å². The number of halogens is 1. The van der Waals surface area contributed by atoms with Crippen molar-refractivity contribution < 1.29 is 9.18 Å². The summed E-state index contributed by atoms with van der Waals surface area (Å²) in [7, 11) is 0. The van der Waals surface area contributed by atoms with Gasteiger partial charge in [0.05, 0.1) is 11.3 Å². The van der Waals surface area contributed by atoms with Gasteiger partial charge < -0.3 is 11.1 Å². The molecular formula is C13H14FN3O. The molecule has 0 aromatic heterocycles. The van der Waals surface area contributed by atoms with E-state index in [2.05, 4.69) is 5.32 Å². The van der Waals surface area contributed by atoms with Crippen LogP contribution in [0.5, 0.6) is 0 Å². The van der Waals surface area contributed by atoms with Gasteiger partial charge in [0.2, 0.25) is 5.91 Å². The van der Waals surface area contributed by atoms with Gasteiger partial charge in [-0.15, -0.1) is 0 Å². The minimum absolute atomic E-state index is 0.114. The van der Waals surface area contributed by atoms with E-state index in [-0.39, 0.29) is 23.9 Å². The number of carbonyl (C=O) groups is 1. The largest absolute Gasteiger partial charge is 0.327 e. The average Bonchev–Trinajstić information content (AvgIpc) is 3.15. The lowest BCUT2D eigenvalue weighted by molar-refractivity contribution is -0.116. The van der Waals surface area contributed by atoms with Gasteiger partial charge in [0.25, 0.3) is 0 Å². The third-order valence-electron chi connectivity index (χ3n) is 3.02. The Balaban J connectivity index is 2.00. The fourth-order valence-electron chi connectivity index (χ4n) is 1.82. The minimum Gasteiger partial charge on any atom is -0.327 e. The topological polar surface area (TPSA) is 78.9 Å². The van der Waals surface area contributed by atoms with Crippen LogP contribution in [-0.4, -0.2) is 11.9 Å². The molecule has 0 heterocycles. The molecule has 0 aliphatic heterocycles. The molecule has 1 unspecified atom stereocenters. The maximum Gasteiger partial charge on any atom is 0.225 e. The van der Waals surface area contributed by atoms with E-state index < -0.39 is 5.82 Å². The summed E-state index contributed by atoms with van der Waals surface area (Å²) in [4.78, 5) is 11.7. The van der Waals surface area contributed by atoms with Crippen LogP contribution in [0.3, 0.4) is 0 Å². The van der Waals surface area contributed by atoms with Gasteiger partial charge in [-0.2, -0.15) is 5.26 Å². The first-order valence-electron chi connectivity index (χ1n) is 5.85. The number of hydrogen-bond acceptors (Lipinski definition) is 3. The number of carbonyl (C=O) groups excluding carboxylic acids is 1. The summed E-state index contributed by atoms with van der Waals surface area (Å²) in [6.07, 6.45) is 2.38. The van der Waals surface area contributed by atoms with E-state index >= 15 is 0 Å². The van der Waals surface area contributed by atoms with Gasteiger partial charge in [-0.1, -0.05) is 0 Å². The molecule has 1 aromatic rings. The Morgan fingerprint density at radius 1 is 1.61 bits per heavy atom. The number of nitrogens with zero attached hydrogens (tertiary/aromatic N) is 1. The molecular weight excluding hydrogens is 233 g/mol. The second kappa shape index (κ2) is 5.15. The first kappa shape index (κ1) is 12.5. The number of amides is 1. The lowest BCUT2D eigenvalue weighted by atomic mass is 10.1. The fourth-order valence-corrected chi connectivity index (χ4v) is 1.82. The summed E-state index contributed by atoms with van der Waals surface area (Å²) in [5.41, 5.74) is 6.28. The van der Waals surface area contributed by atoms with Crippen molar-refractivity contribution in [2.24, 2.45) is 11.7 Å². The van der Waals surface area contributed by atoms with Crippen LogP contribution in [0.1, 0.15) is 24.8 Å². The molecule has 0 spiro atoms. The van der Waals surface area contributed by atoms with Crippen molar-refractivity contribution in [3.63, 3.8) is 0 Å². The number of nitriles is 1. The number of nitrogens with one attached hydrogen (secondary N) is 1. The van der Waals surface area contributed by atoms with Gasteiger partial charge >= 0.3 is 0 Å². The molecule has 1 amide bonds. The van der Waals surface area contributed by atoms with Crippen molar-refractivity contribution in [1.82, 2.24) is 0 Å². The molecule has 3 N–H and O–H groups in total. The van der Waals surface area contributed by atoms with Crippen molar-refractivity contribution in [1.29, 1.82) is 5.26 Å². The number of benzene rings is 1. The molecule has 0 bridgehead atoms. The van der Waals surface area contributed by atoms with Gasteiger partial charge in [-0.05, 0) is 37.0 Å². The first-order valence-corrected chi connectivity index (χ1v) is 5.85. The van der Waals surface area contributed by atoms with Crippen LogP contribution >= 0.6 is 0 Å². The Hall–Kier alpha value is -1.93. The zero-order valence-corrected chi connectivity index (χ0v) is 9.82. The van der Waals surface area contributed by atoms with Crippen molar-refractivity contribution in [3.05, 3.63) is 29.6 Å². The molecule has 1 fully saturated rings. The zero-order valence-electron chi connectivity index (χ0n) is 9.82. The van der Waals surface area contributed by atoms with E-state index in [1.807, 2.05) is 6.07 Å². The minimum atomic E-state index is -0.501. The van der Waals surface area contributed by atoms with Crippen LogP contribution in [0.2, 0.25) is 0 Å².